The molecule has 0 heterocycles. The molecule has 0 aliphatic rings. The highest BCUT2D eigenvalue weighted by Gasteiger charge is 2.35. The van der Waals surface area contributed by atoms with Crippen LogP contribution in [-0.2, 0) is 0 Å². The SMILES string of the molecule is C=CCC(O)C(C)(C)C(O)CC(O)CO. The zero-order valence-corrected chi connectivity index (χ0v) is 9.43. The maximum Gasteiger partial charge on any atom is 0.0795 e. The van der Waals surface area contributed by atoms with E-state index in [9.17, 15) is 15.3 Å². The molecule has 0 aromatic heterocycles. The molecule has 90 valence electrons. The Morgan fingerprint density at radius 1 is 1.20 bits per heavy atom. The van der Waals surface area contributed by atoms with Gasteiger partial charge in [0.2, 0.25) is 0 Å². The lowest BCUT2D eigenvalue weighted by molar-refractivity contribution is -0.0695. The van der Waals surface area contributed by atoms with E-state index in [4.69, 9.17) is 5.11 Å². The van der Waals surface area contributed by atoms with Crippen molar-refractivity contribution in [1.82, 2.24) is 0 Å². The Morgan fingerprint density at radius 2 is 1.73 bits per heavy atom. The summed E-state index contributed by atoms with van der Waals surface area (Å²) >= 11 is 0. The van der Waals surface area contributed by atoms with Crippen LogP contribution in [-0.4, -0.2) is 45.3 Å². The van der Waals surface area contributed by atoms with Gasteiger partial charge in [0.05, 0.1) is 24.9 Å². The number of hydrogen-bond donors (Lipinski definition) is 4. The molecular weight excluding hydrogens is 196 g/mol. The van der Waals surface area contributed by atoms with Gasteiger partial charge in [0.15, 0.2) is 0 Å². The zero-order chi connectivity index (χ0) is 12.1. The van der Waals surface area contributed by atoms with E-state index >= 15 is 0 Å². The quantitative estimate of drug-likeness (QED) is 0.455. The summed E-state index contributed by atoms with van der Waals surface area (Å²) in [5.41, 5.74) is -0.732. The summed E-state index contributed by atoms with van der Waals surface area (Å²) in [6, 6.07) is 0. The molecule has 0 aliphatic carbocycles. The van der Waals surface area contributed by atoms with Gasteiger partial charge in [0, 0.05) is 11.8 Å². The summed E-state index contributed by atoms with van der Waals surface area (Å²) in [5.74, 6) is 0. The van der Waals surface area contributed by atoms with Crippen molar-refractivity contribution < 1.29 is 20.4 Å². The van der Waals surface area contributed by atoms with E-state index in [-0.39, 0.29) is 13.0 Å². The van der Waals surface area contributed by atoms with Gasteiger partial charge in [-0.15, -0.1) is 6.58 Å². The van der Waals surface area contributed by atoms with Crippen LogP contribution in [0.1, 0.15) is 26.7 Å². The Labute approximate surface area is 90.9 Å². The second-order valence-corrected chi connectivity index (χ2v) is 4.45. The molecule has 3 unspecified atom stereocenters. The highest BCUT2D eigenvalue weighted by molar-refractivity contribution is 4.89. The summed E-state index contributed by atoms with van der Waals surface area (Å²) in [6.07, 6.45) is -0.501. The van der Waals surface area contributed by atoms with Crippen molar-refractivity contribution in [2.45, 2.75) is 45.0 Å². The van der Waals surface area contributed by atoms with E-state index < -0.39 is 23.7 Å². The van der Waals surface area contributed by atoms with Crippen LogP contribution in [0.4, 0.5) is 0 Å². The van der Waals surface area contributed by atoms with Gasteiger partial charge < -0.3 is 20.4 Å². The number of hydrogen-bond acceptors (Lipinski definition) is 4. The molecule has 0 spiro atoms. The van der Waals surface area contributed by atoms with Crippen LogP contribution in [0, 0.1) is 5.41 Å². The molecular formula is C11H22O4. The first kappa shape index (κ1) is 14.6. The molecule has 0 rings (SSSR count). The first-order valence-electron chi connectivity index (χ1n) is 5.12. The second kappa shape index (κ2) is 6.23. The highest BCUT2D eigenvalue weighted by atomic mass is 16.3. The third-order valence-corrected chi connectivity index (χ3v) is 2.81. The van der Waals surface area contributed by atoms with Crippen LogP contribution in [0.5, 0.6) is 0 Å². The monoisotopic (exact) mass is 218 g/mol. The number of aliphatic hydroxyl groups excluding tert-OH is 4. The van der Waals surface area contributed by atoms with Crippen molar-refractivity contribution in [3.05, 3.63) is 12.7 Å². The Morgan fingerprint density at radius 3 is 2.13 bits per heavy atom. The molecule has 4 nitrogen and oxygen atoms in total. The zero-order valence-electron chi connectivity index (χ0n) is 9.43. The van der Waals surface area contributed by atoms with Crippen molar-refractivity contribution >= 4 is 0 Å². The highest BCUT2D eigenvalue weighted by Crippen LogP contribution is 2.30. The third kappa shape index (κ3) is 4.30. The smallest absolute Gasteiger partial charge is 0.0795 e. The van der Waals surface area contributed by atoms with Gasteiger partial charge in [-0.3, -0.25) is 0 Å². The van der Waals surface area contributed by atoms with Gasteiger partial charge in [-0.05, 0) is 6.42 Å². The van der Waals surface area contributed by atoms with Gasteiger partial charge in [0.25, 0.3) is 0 Å². The van der Waals surface area contributed by atoms with Gasteiger partial charge in [-0.25, -0.2) is 0 Å². The fourth-order valence-corrected chi connectivity index (χ4v) is 1.32. The van der Waals surface area contributed by atoms with E-state index in [1.54, 1.807) is 19.9 Å². The van der Waals surface area contributed by atoms with Crippen LogP contribution in [0.25, 0.3) is 0 Å². The minimum Gasteiger partial charge on any atom is -0.394 e. The van der Waals surface area contributed by atoms with E-state index in [1.807, 2.05) is 0 Å². The first-order chi connectivity index (χ1) is 6.86. The van der Waals surface area contributed by atoms with E-state index in [2.05, 4.69) is 6.58 Å². The summed E-state index contributed by atoms with van der Waals surface area (Å²) in [7, 11) is 0. The normalized spacial score (nSPS) is 18.3. The van der Waals surface area contributed by atoms with Crippen LogP contribution in [0.15, 0.2) is 12.7 Å². The molecule has 0 saturated heterocycles. The molecule has 3 atom stereocenters. The summed E-state index contributed by atoms with van der Waals surface area (Å²) < 4.78 is 0. The van der Waals surface area contributed by atoms with E-state index in [0.717, 1.165) is 0 Å². The van der Waals surface area contributed by atoms with Crippen LogP contribution in [0.2, 0.25) is 0 Å². The standard InChI is InChI=1S/C11H22O4/c1-4-5-9(14)11(2,3)10(15)6-8(13)7-12/h4,8-10,12-15H,1,5-7H2,2-3H3. The first-order valence-corrected chi connectivity index (χ1v) is 5.12. The Kier molecular flexibility index (Phi) is 6.05. The van der Waals surface area contributed by atoms with Crippen molar-refractivity contribution in [2.75, 3.05) is 6.61 Å². The van der Waals surface area contributed by atoms with Gasteiger partial charge >= 0.3 is 0 Å². The molecule has 0 radical (unpaired) electrons. The molecule has 4 N–H and O–H groups in total. The van der Waals surface area contributed by atoms with E-state index in [0.29, 0.717) is 6.42 Å². The van der Waals surface area contributed by atoms with Gasteiger partial charge in [-0.1, -0.05) is 19.9 Å². The lowest BCUT2D eigenvalue weighted by Gasteiger charge is -2.35. The lowest BCUT2D eigenvalue weighted by atomic mass is 9.77. The molecule has 0 saturated carbocycles. The molecule has 0 aliphatic heterocycles. The van der Waals surface area contributed by atoms with Crippen molar-refractivity contribution in [2.24, 2.45) is 5.41 Å². The fraction of sp³-hybridized carbons (Fsp3) is 0.818. The van der Waals surface area contributed by atoms with Crippen LogP contribution in [0.3, 0.4) is 0 Å². The van der Waals surface area contributed by atoms with Crippen LogP contribution < -0.4 is 0 Å². The minimum absolute atomic E-state index is 0.0533. The molecule has 0 aromatic rings. The predicted molar refractivity (Wildman–Crippen MR) is 58.3 cm³/mol. The number of rotatable bonds is 7. The molecule has 0 fully saturated rings. The average Bonchev–Trinajstić information content (AvgIpc) is 2.17. The van der Waals surface area contributed by atoms with E-state index in [1.165, 1.54) is 0 Å². The lowest BCUT2D eigenvalue weighted by Crippen LogP contribution is -2.42. The minimum atomic E-state index is -0.949. The molecule has 4 heteroatoms. The van der Waals surface area contributed by atoms with Crippen LogP contribution >= 0.6 is 0 Å². The van der Waals surface area contributed by atoms with Crippen molar-refractivity contribution in [3.8, 4) is 0 Å². The predicted octanol–water partition coefficient (Wildman–Crippen LogP) is 0.0538. The largest absolute Gasteiger partial charge is 0.394 e. The molecule has 0 aromatic carbocycles. The third-order valence-electron chi connectivity index (χ3n) is 2.81. The second-order valence-electron chi connectivity index (χ2n) is 4.45. The maximum absolute atomic E-state index is 9.81. The molecule has 0 bridgehead atoms. The summed E-state index contributed by atoms with van der Waals surface area (Å²) in [6.45, 7) is 6.57. The maximum atomic E-state index is 9.81. The molecule has 0 amide bonds. The summed E-state index contributed by atoms with van der Waals surface area (Å²) in [5, 5.41) is 37.4. The Hall–Kier alpha value is -0.420. The average molecular weight is 218 g/mol. The van der Waals surface area contributed by atoms with Crippen molar-refractivity contribution in [3.63, 3.8) is 0 Å². The Bertz CT molecular complexity index is 191. The topological polar surface area (TPSA) is 80.9 Å². The van der Waals surface area contributed by atoms with Gasteiger partial charge in [0.1, 0.15) is 0 Å². The fourth-order valence-electron chi connectivity index (χ4n) is 1.32. The summed E-state index contributed by atoms with van der Waals surface area (Å²) in [4.78, 5) is 0. The Balaban J connectivity index is 4.35. The van der Waals surface area contributed by atoms with Gasteiger partial charge in [-0.2, -0.15) is 0 Å². The number of aliphatic hydroxyl groups is 4. The molecule has 15 heavy (non-hydrogen) atoms. The van der Waals surface area contributed by atoms with Crippen molar-refractivity contribution in [1.29, 1.82) is 0 Å².